The van der Waals surface area contributed by atoms with Crippen LogP contribution in [0.4, 0.5) is 0 Å². The van der Waals surface area contributed by atoms with Gasteiger partial charge in [-0.25, -0.2) is 0 Å². The highest BCUT2D eigenvalue weighted by Gasteiger charge is 2.01. The van der Waals surface area contributed by atoms with Crippen molar-refractivity contribution in [1.29, 1.82) is 0 Å². The summed E-state index contributed by atoms with van der Waals surface area (Å²) in [6.45, 7) is 4.09. The third-order valence-corrected chi connectivity index (χ3v) is 2.72. The van der Waals surface area contributed by atoms with Crippen LogP contribution in [0.2, 0.25) is 5.02 Å². The van der Waals surface area contributed by atoms with Gasteiger partial charge in [0.15, 0.2) is 0 Å². The average molecular weight is 206 g/mol. The van der Waals surface area contributed by atoms with Gasteiger partial charge in [-0.3, -0.25) is 0 Å². The summed E-state index contributed by atoms with van der Waals surface area (Å²) in [6.07, 6.45) is 2.00. The fraction of sp³-hybridized carbons (Fsp3) is 0.167. The molecule has 1 aromatic heterocycles. The maximum atomic E-state index is 5.96. The summed E-state index contributed by atoms with van der Waals surface area (Å²) < 4.78 is 0. The van der Waals surface area contributed by atoms with Crippen molar-refractivity contribution in [3.05, 3.63) is 46.6 Å². The minimum Gasteiger partial charge on any atom is -0.361 e. The van der Waals surface area contributed by atoms with Gasteiger partial charge in [-0.05, 0) is 48.7 Å². The number of aromatic amines is 1. The SMILES string of the molecule is Cc1c[nH]c(-c2ccc(Cl)c(C)c2)c1. The molecule has 0 saturated carbocycles. The van der Waals surface area contributed by atoms with Crippen LogP contribution in [0, 0.1) is 13.8 Å². The number of aromatic nitrogens is 1. The van der Waals surface area contributed by atoms with Crippen molar-refractivity contribution >= 4 is 11.6 Å². The Morgan fingerprint density at radius 1 is 1.14 bits per heavy atom. The number of hydrogen-bond donors (Lipinski definition) is 1. The van der Waals surface area contributed by atoms with Gasteiger partial charge < -0.3 is 4.98 Å². The lowest BCUT2D eigenvalue weighted by Gasteiger charge is -2.01. The summed E-state index contributed by atoms with van der Waals surface area (Å²) >= 11 is 5.96. The molecule has 1 N–H and O–H groups in total. The van der Waals surface area contributed by atoms with Crippen molar-refractivity contribution in [2.24, 2.45) is 0 Å². The van der Waals surface area contributed by atoms with E-state index in [9.17, 15) is 0 Å². The number of rotatable bonds is 1. The first-order valence-corrected chi connectivity index (χ1v) is 4.96. The summed E-state index contributed by atoms with van der Waals surface area (Å²) in [5, 5.41) is 0.817. The molecular formula is C12H12ClN. The van der Waals surface area contributed by atoms with Crippen molar-refractivity contribution in [2.75, 3.05) is 0 Å². The van der Waals surface area contributed by atoms with Crippen LogP contribution < -0.4 is 0 Å². The fourth-order valence-electron chi connectivity index (χ4n) is 1.48. The van der Waals surface area contributed by atoms with Crippen LogP contribution in [0.5, 0.6) is 0 Å². The predicted molar refractivity (Wildman–Crippen MR) is 60.7 cm³/mol. The normalized spacial score (nSPS) is 10.5. The van der Waals surface area contributed by atoms with E-state index in [1.54, 1.807) is 0 Å². The van der Waals surface area contributed by atoms with Crippen molar-refractivity contribution < 1.29 is 0 Å². The van der Waals surface area contributed by atoms with Crippen LogP contribution in [-0.4, -0.2) is 4.98 Å². The maximum Gasteiger partial charge on any atom is 0.0456 e. The van der Waals surface area contributed by atoms with Crippen LogP contribution in [0.1, 0.15) is 11.1 Å². The number of halogens is 1. The summed E-state index contributed by atoms with van der Waals surface area (Å²) in [5.41, 5.74) is 4.67. The molecule has 1 heterocycles. The lowest BCUT2D eigenvalue weighted by Crippen LogP contribution is -1.80. The molecule has 2 rings (SSSR count). The van der Waals surface area contributed by atoms with Gasteiger partial charge in [0, 0.05) is 16.9 Å². The van der Waals surface area contributed by atoms with Crippen molar-refractivity contribution in [3.8, 4) is 11.3 Å². The van der Waals surface area contributed by atoms with Gasteiger partial charge in [0.1, 0.15) is 0 Å². The number of nitrogens with one attached hydrogen (secondary N) is 1. The molecule has 0 aliphatic rings. The van der Waals surface area contributed by atoms with Crippen molar-refractivity contribution in [2.45, 2.75) is 13.8 Å². The van der Waals surface area contributed by atoms with E-state index in [0.29, 0.717) is 0 Å². The first kappa shape index (κ1) is 9.35. The molecule has 1 nitrogen and oxygen atoms in total. The molecule has 2 heteroatoms. The molecule has 0 bridgehead atoms. The van der Waals surface area contributed by atoms with E-state index in [1.807, 2.05) is 25.3 Å². The summed E-state index contributed by atoms with van der Waals surface area (Å²) in [6, 6.07) is 8.18. The largest absolute Gasteiger partial charge is 0.361 e. The number of benzene rings is 1. The first-order chi connectivity index (χ1) is 6.66. The zero-order chi connectivity index (χ0) is 10.1. The minimum absolute atomic E-state index is 0.817. The lowest BCUT2D eigenvalue weighted by atomic mass is 10.1. The minimum atomic E-state index is 0.817. The molecule has 0 fully saturated rings. The van der Waals surface area contributed by atoms with Crippen LogP contribution in [0.25, 0.3) is 11.3 Å². The number of aryl methyl sites for hydroxylation is 2. The predicted octanol–water partition coefficient (Wildman–Crippen LogP) is 3.95. The van der Waals surface area contributed by atoms with E-state index in [4.69, 9.17) is 11.6 Å². The van der Waals surface area contributed by atoms with Crippen LogP contribution in [0.3, 0.4) is 0 Å². The zero-order valence-electron chi connectivity index (χ0n) is 8.26. The standard InChI is InChI=1S/C12H12ClN/c1-8-5-12(14-7-8)10-3-4-11(13)9(2)6-10/h3-7,14H,1-2H3. The van der Waals surface area contributed by atoms with Crippen LogP contribution >= 0.6 is 11.6 Å². The molecule has 0 radical (unpaired) electrons. The molecule has 2 aromatic rings. The van der Waals surface area contributed by atoms with E-state index >= 15 is 0 Å². The Hall–Kier alpha value is -1.21. The molecule has 1 aromatic carbocycles. The summed E-state index contributed by atoms with van der Waals surface area (Å²) in [7, 11) is 0. The molecule has 0 unspecified atom stereocenters. The number of H-pyrrole nitrogens is 1. The van der Waals surface area contributed by atoms with E-state index in [2.05, 4.69) is 24.0 Å². The second kappa shape index (κ2) is 3.50. The van der Waals surface area contributed by atoms with Crippen molar-refractivity contribution in [3.63, 3.8) is 0 Å². The van der Waals surface area contributed by atoms with E-state index in [1.165, 1.54) is 11.1 Å². The first-order valence-electron chi connectivity index (χ1n) is 4.58. The molecule has 0 spiro atoms. The van der Waals surface area contributed by atoms with E-state index in [0.717, 1.165) is 16.3 Å². The third-order valence-electron chi connectivity index (χ3n) is 2.30. The maximum absolute atomic E-state index is 5.96. The third kappa shape index (κ3) is 1.68. The highest BCUT2D eigenvalue weighted by atomic mass is 35.5. The van der Waals surface area contributed by atoms with Gasteiger partial charge in [0.25, 0.3) is 0 Å². The quantitative estimate of drug-likeness (QED) is 0.726. The van der Waals surface area contributed by atoms with Gasteiger partial charge in [-0.2, -0.15) is 0 Å². The van der Waals surface area contributed by atoms with Gasteiger partial charge in [0.2, 0.25) is 0 Å². The molecule has 72 valence electrons. The van der Waals surface area contributed by atoms with Gasteiger partial charge >= 0.3 is 0 Å². The van der Waals surface area contributed by atoms with Crippen LogP contribution in [-0.2, 0) is 0 Å². The van der Waals surface area contributed by atoms with E-state index < -0.39 is 0 Å². The topological polar surface area (TPSA) is 15.8 Å². The van der Waals surface area contributed by atoms with Gasteiger partial charge in [-0.15, -0.1) is 0 Å². The lowest BCUT2D eigenvalue weighted by molar-refractivity contribution is 1.37. The smallest absolute Gasteiger partial charge is 0.0456 e. The Labute approximate surface area is 88.7 Å². The Morgan fingerprint density at radius 2 is 1.93 bits per heavy atom. The Kier molecular flexibility index (Phi) is 2.34. The summed E-state index contributed by atoms with van der Waals surface area (Å²) in [5.74, 6) is 0. The van der Waals surface area contributed by atoms with E-state index in [-0.39, 0.29) is 0 Å². The molecule has 0 aliphatic heterocycles. The molecule has 0 saturated heterocycles. The van der Waals surface area contributed by atoms with Gasteiger partial charge in [0.05, 0.1) is 0 Å². The Balaban J connectivity index is 2.47. The molecular weight excluding hydrogens is 194 g/mol. The molecule has 14 heavy (non-hydrogen) atoms. The second-order valence-corrected chi connectivity index (χ2v) is 3.96. The highest BCUT2D eigenvalue weighted by molar-refractivity contribution is 6.31. The van der Waals surface area contributed by atoms with Gasteiger partial charge in [-0.1, -0.05) is 17.7 Å². The van der Waals surface area contributed by atoms with Crippen molar-refractivity contribution in [1.82, 2.24) is 4.98 Å². The Morgan fingerprint density at radius 3 is 2.50 bits per heavy atom. The fourth-order valence-corrected chi connectivity index (χ4v) is 1.60. The highest BCUT2D eigenvalue weighted by Crippen LogP contribution is 2.24. The summed E-state index contributed by atoms with van der Waals surface area (Å²) in [4.78, 5) is 3.23. The zero-order valence-corrected chi connectivity index (χ0v) is 9.02. The average Bonchev–Trinajstić information content (AvgIpc) is 2.57. The molecule has 0 aliphatic carbocycles. The molecule has 0 atom stereocenters. The second-order valence-electron chi connectivity index (χ2n) is 3.55. The Bertz CT molecular complexity index is 457. The number of hydrogen-bond acceptors (Lipinski definition) is 0. The monoisotopic (exact) mass is 205 g/mol. The molecule has 0 amide bonds. The van der Waals surface area contributed by atoms with Crippen LogP contribution in [0.15, 0.2) is 30.5 Å².